The van der Waals surface area contributed by atoms with Gasteiger partial charge in [-0.2, -0.15) is 0 Å². The molecule has 0 saturated carbocycles. The number of aliphatic carboxylic acids is 1. The van der Waals surface area contributed by atoms with Crippen molar-refractivity contribution in [2.24, 2.45) is 10.9 Å². The molecule has 1 saturated heterocycles. The summed E-state index contributed by atoms with van der Waals surface area (Å²) in [6.07, 6.45) is 3.32. The summed E-state index contributed by atoms with van der Waals surface area (Å²) in [6, 6.07) is 3.38. The van der Waals surface area contributed by atoms with Gasteiger partial charge in [0.05, 0.1) is 43.0 Å². The smallest absolute Gasteiger partial charge is 0.306 e. The third-order valence-electron chi connectivity index (χ3n) is 6.04. The van der Waals surface area contributed by atoms with Crippen LogP contribution in [0.2, 0.25) is 0 Å². The van der Waals surface area contributed by atoms with Gasteiger partial charge >= 0.3 is 5.97 Å². The van der Waals surface area contributed by atoms with Crippen LogP contribution >= 0.6 is 0 Å². The highest BCUT2D eigenvalue weighted by Gasteiger charge is 2.32. The number of likely N-dealkylation sites (tertiary alicyclic amines) is 1. The fraction of sp³-hybridized carbons (Fsp3) is 0.417. The first-order valence-electron chi connectivity index (χ1n) is 11.2. The normalized spacial score (nSPS) is 18.2. The number of carboxylic acid groups (broad SMARTS) is 1. The number of aliphatic imine (C=N–C) groups is 1. The molecule has 2 aliphatic rings. The van der Waals surface area contributed by atoms with Gasteiger partial charge in [0.15, 0.2) is 23.1 Å². The van der Waals surface area contributed by atoms with Crippen molar-refractivity contribution in [3.05, 3.63) is 30.2 Å². The lowest BCUT2D eigenvalue weighted by Gasteiger charge is -2.33. The summed E-state index contributed by atoms with van der Waals surface area (Å²) in [7, 11) is 3.09. The van der Waals surface area contributed by atoms with Crippen molar-refractivity contribution in [1.82, 2.24) is 14.9 Å². The fourth-order valence-electron chi connectivity index (χ4n) is 4.12. The molecule has 0 unspecified atom stereocenters. The molecule has 0 bridgehead atoms. The van der Waals surface area contributed by atoms with Gasteiger partial charge < -0.3 is 24.2 Å². The van der Waals surface area contributed by atoms with Gasteiger partial charge in [-0.05, 0) is 18.9 Å². The van der Waals surface area contributed by atoms with E-state index in [9.17, 15) is 19.5 Å². The number of Topliss-reactive ketones (excluding diaryl/α,β-unsaturated/α-hetero) is 1. The van der Waals surface area contributed by atoms with E-state index < -0.39 is 11.9 Å². The highest BCUT2D eigenvalue weighted by Crippen LogP contribution is 2.35. The van der Waals surface area contributed by atoms with Gasteiger partial charge in [-0.15, -0.1) is 0 Å². The number of hydrogen-bond donors (Lipinski definition) is 1. The van der Waals surface area contributed by atoms with E-state index in [1.807, 2.05) is 0 Å². The largest absolute Gasteiger partial charge is 0.493 e. The highest BCUT2D eigenvalue weighted by atomic mass is 16.5. The first-order chi connectivity index (χ1) is 16.9. The molecule has 2 aromatic rings. The number of ether oxygens (including phenoxy) is 3. The number of carbonyl (C=O) groups is 3. The molecule has 0 radical (unpaired) electrons. The van der Waals surface area contributed by atoms with Crippen molar-refractivity contribution in [3.8, 4) is 11.5 Å². The van der Waals surface area contributed by atoms with Crippen molar-refractivity contribution in [2.45, 2.75) is 19.3 Å². The predicted molar refractivity (Wildman–Crippen MR) is 125 cm³/mol. The molecular formula is C24H26N4O7. The van der Waals surface area contributed by atoms with Crippen LogP contribution in [0.1, 0.15) is 19.3 Å². The Bertz CT molecular complexity index is 1220. The van der Waals surface area contributed by atoms with E-state index in [4.69, 9.17) is 14.2 Å². The maximum atomic E-state index is 12.9. The van der Waals surface area contributed by atoms with Crippen LogP contribution in [0.4, 0.5) is 5.82 Å². The molecule has 4 rings (SSSR count). The van der Waals surface area contributed by atoms with Gasteiger partial charge in [0.1, 0.15) is 12.9 Å². The Balaban J connectivity index is 1.59. The Kier molecular flexibility index (Phi) is 7.35. The van der Waals surface area contributed by atoms with Gasteiger partial charge in [0.25, 0.3) is 0 Å². The minimum absolute atomic E-state index is 0.0820. The quantitative estimate of drug-likeness (QED) is 0.555. The van der Waals surface area contributed by atoms with Crippen LogP contribution in [0.25, 0.3) is 10.9 Å². The lowest BCUT2D eigenvalue weighted by Crippen LogP contribution is -2.40. The van der Waals surface area contributed by atoms with Crippen molar-refractivity contribution in [1.29, 1.82) is 0 Å². The summed E-state index contributed by atoms with van der Waals surface area (Å²) in [6.45, 7) is 1.57. The molecule has 1 N–H and O–H groups in total. The SMILES string of the molecule is COCCOc1cc2ncnc(N=C3CC(=O)C(N4CCC(C(=O)O)CC4)=CC3=O)c2cc1OC. The second-order valence-corrected chi connectivity index (χ2v) is 8.21. The van der Waals surface area contributed by atoms with E-state index in [-0.39, 0.29) is 29.5 Å². The molecule has 11 heteroatoms. The van der Waals surface area contributed by atoms with E-state index >= 15 is 0 Å². The number of nitrogens with zero attached hydrogens (tertiary/aromatic N) is 4. The molecule has 0 spiro atoms. The Labute approximate surface area is 201 Å². The van der Waals surface area contributed by atoms with E-state index in [2.05, 4.69) is 15.0 Å². The molecule has 1 aromatic heterocycles. The molecule has 184 valence electrons. The van der Waals surface area contributed by atoms with Crippen LogP contribution in [0.5, 0.6) is 11.5 Å². The zero-order chi connectivity index (χ0) is 24.9. The van der Waals surface area contributed by atoms with Gasteiger partial charge in [0, 0.05) is 37.7 Å². The van der Waals surface area contributed by atoms with Crippen molar-refractivity contribution >= 4 is 40.0 Å². The molecule has 1 aromatic carbocycles. The Morgan fingerprint density at radius 2 is 1.91 bits per heavy atom. The molecule has 35 heavy (non-hydrogen) atoms. The van der Waals surface area contributed by atoms with Gasteiger partial charge in [-0.1, -0.05) is 0 Å². The number of hydrogen-bond acceptors (Lipinski definition) is 10. The Morgan fingerprint density at radius 3 is 2.60 bits per heavy atom. The number of benzene rings is 1. The summed E-state index contributed by atoms with van der Waals surface area (Å²) in [5.74, 6) is -0.693. The number of aromatic nitrogens is 2. The number of ketones is 2. The van der Waals surface area contributed by atoms with Gasteiger partial charge in [-0.25, -0.2) is 15.0 Å². The molecule has 1 aliphatic carbocycles. The number of methoxy groups -OCH3 is 2. The molecule has 2 heterocycles. The van der Waals surface area contributed by atoms with Crippen LogP contribution in [0.3, 0.4) is 0 Å². The minimum Gasteiger partial charge on any atom is -0.493 e. The van der Waals surface area contributed by atoms with E-state index in [0.29, 0.717) is 67.2 Å². The standard InChI is InChI=1S/C24H26N4O7/c1-33-7-8-35-22-11-16-15(9-21(22)34-2)23(26-13-25-16)27-17-10-20(30)18(12-19(17)29)28-5-3-14(4-6-28)24(31)32/h9,11-14H,3-8,10H2,1-2H3,(H,31,32). The summed E-state index contributed by atoms with van der Waals surface area (Å²) in [4.78, 5) is 51.6. The van der Waals surface area contributed by atoms with Crippen LogP contribution in [0, 0.1) is 5.92 Å². The molecule has 11 nitrogen and oxygen atoms in total. The number of allylic oxidation sites excluding steroid dienone is 2. The minimum atomic E-state index is -0.832. The van der Waals surface area contributed by atoms with E-state index in [1.165, 1.54) is 19.5 Å². The van der Waals surface area contributed by atoms with Crippen molar-refractivity contribution in [2.75, 3.05) is 40.5 Å². The molecule has 1 fully saturated rings. The lowest BCUT2D eigenvalue weighted by atomic mass is 9.93. The van der Waals surface area contributed by atoms with Gasteiger partial charge in [0.2, 0.25) is 5.78 Å². The van der Waals surface area contributed by atoms with E-state index in [1.54, 1.807) is 24.1 Å². The summed E-state index contributed by atoms with van der Waals surface area (Å²) in [5.41, 5.74) is 0.933. The molecule has 1 aliphatic heterocycles. The molecular weight excluding hydrogens is 456 g/mol. The fourth-order valence-corrected chi connectivity index (χ4v) is 4.12. The third-order valence-corrected chi connectivity index (χ3v) is 6.04. The second-order valence-electron chi connectivity index (χ2n) is 8.21. The van der Waals surface area contributed by atoms with Crippen molar-refractivity contribution in [3.63, 3.8) is 0 Å². The first-order valence-corrected chi connectivity index (χ1v) is 11.2. The third kappa shape index (κ3) is 5.29. The summed E-state index contributed by atoms with van der Waals surface area (Å²) < 4.78 is 16.1. The van der Waals surface area contributed by atoms with Crippen LogP contribution in [0.15, 0.2) is 35.2 Å². The highest BCUT2D eigenvalue weighted by molar-refractivity contribution is 6.50. The second kappa shape index (κ2) is 10.6. The summed E-state index contributed by atoms with van der Waals surface area (Å²) >= 11 is 0. The lowest BCUT2D eigenvalue weighted by molar-refractivity contribution is -0.143. The maximum Gasteiger partial charge on any atom is 0.306 e. The summed E-state index contributed by atoms with van der Waals surface area (Å²) in [5, 5.41) is 9.72. The number of rotatable bonds is 8. The van der Waals surface area contributed by atoms with Crippen LogP contribution in [-0.4, -0.2) is 83.7 Å². The zero-order valence-corrected chi connectivity index (χ0v) is 19.5. The molecule has 0 amide bonds. The Hall–Kier alpha value is -3.86. The molecule has 0 atom stereocenters. The van der Waals surface area contributed by atoms with Crippen LogP contribution < -0.4 is 9.47 Å². The number of carboxylic acids is 1. The number of carbonyl (C=O) groups excluding carboxylic acids is 2. The van der Waals surface area contributed by atoms with E-state index in [0.717, 1.165) is 0 Å². The number of piperidine rings is 1. The Morgan fingerprint density at radius 1 is 1.14 bits per heavy atom. The zero-order valence-electron chi connectivity index (χ0n) is 19.5. The van der Waals surface area contributed by atoms with Gasteiger partial charge in [-0.3, -0.25) is 14.4 Å². The maximum absolute atomic E-state index is 12.9. The topological polar surface area (TPSA) is 141 Å². The first kappa shape index (κ1) is 24.3. The predicted octanol–water partition coefficient (Wildman–Crippen LogP) is 1.96. The average molecular weight is 482 g/mol. The van der Waals surface area contributed by atoms with Crippen LogP contribution in [-0.2, 0) is 19.1 Å². The number of fused-ring (bicyclic) bond motifs is 1. The van der Waals surface area contributed by atoms with Crippen molar-refractivity contribution < 1.29 is 33.7 Å². The monoisotopic (exact) mass is 482 g/mol. The average Bonchev–Trinajstić information content (AvgIpc) is 2.86.